The van der Waals surface area contributed by atoms with Crippen molar-refractivity contribution in [3.05, 3.63) is 58.7 Å². The van der Waals surface area contributed by atoms with E-state index in [0.717, 1.165) is 44.2 Å². The van der Waals surface area contributed by atoms with Gasteiger partial charge in [-0.05, 0) is 36.2 Å². The predicted molar refractivity (Wildman–Crippen MR) is 115 cm³/mol. The van der Waals surface area contributed by atoms with Crippen LogP contribution in [0.5, 0.6) is 11.5 Å². The van der Waals surface area contributed by atoms with Crippen molar-refractivity contribution in [2.45, 2.75) is 6.92 Å². The summed E-state index contributed by atoms with van der Waals surface area (Å²) in [5, 5.41) is 7.12. The van der Waals surface area contributed by atoms with Crippen LogP contribution in [0.2, 0.25) is 5.02 Å². The molecule has 0 atom stereocenters. The van der Waals surface area contributed by atoms with Gasteiger partial charge in [0.15, 0.2) is 0 Å². The Balaban J connectivity index is 1.82. The Kier molecular flexibility index (Phi) is 5.07. The summed E-state index contributed by atoms with van der Waals surface area (Å²) in [5.74, 6) is 2.19. The van der Waals surface area contributed by atoms with E-state index in [4.69, 9.17) is 21.1 Å². The molecule has 0 fully saturated rings. The lowest BCUT2D eigenvalue weighted by atomic mass is 10.1. The summed E-state index contributed by atoms with van der Waals surface area (Å²) in [7, 11) is 3.28. The maximum absolute atomic E-state index is 6.23. The molecule has 28 heavy (non-hydrogen) atoms. The smallest absolute Gasteiger partial charge is 0.143 e. The lowest BCUT2D eigenvalue weighted by Crippen LogP contribution is -1.99. The van der Waals surface area contributed by atoms with Crippen molar-refractivity contribution in [2.75, 3.05) is 19.5 Å². The number of aromatic nitrogens is 2. The summed E-state index contributed by atoms with van der Waals surface area (Å²) < 4.78 is 10.7. The summed E-state index contributed by atoms with van der Waals surface area (Å²) in [6.07, 6.45) is 1.56. The molecular formula is C21H18ClN3O2S. The fourth-order valence-corrected chi connectivity index (χ4v) is 4.08. The van der Waals surface area contributed by atoms with Crippen LogP contribution in [-0.2, 0) is 0 Å². The summed E-state index contributed by atoms with van der Waals surface area (Å²) in [6, 6.07) is 11.7. The number of nitrogens with one attached hydrogen (secondary N) is 1. The number of rotatable bonds is 5. The standard InChI is InChI=1S/C21H18ClN3O2S/c1-12-8-17(18(27-3)9-16(12)22)25-20-19-15(10-28-21(19)24-11-23-20)13-4-6-14(26-2)7-5-13/h4-11H,1-3H3,(H,23,24,25). The van der Waals surface area contributed by atoms with Gasteiger partial charge in [-0.1, -0.05) is 23.7 Å². The van der Waals surface area contributed by atoms with Crippen molar-refractivity contribution in [2.24, 2.45) is 0 Å². The van der Waals surface area contributed by atoms with Gasteiger partial charge in [0.1, 0.15) is 28.5 Å². The second-order valence-corrected chi connectivity index (χ2v) is 7.47. The van der Waals surface area contributed by atoms with Crippen molar-refractivity contribution < 1.29 is 9.47 Å². The van der Waals surface area contributed by atoms with Crippen molar-refractivity contribution in [3.63, 3.8) is 0 Å². The second kappa shape index (κ2) is 7.66. The number of hydrogen-bond acceptors (Lipinski definition) is 6. The first-order valence-electron chi connectivity index (χ1n) is 8.58. The Morgan fingerprint density at radius 2 is 1.82 bits per heavy atom. The molecule has 0 aliphatic heterocycles. The molecule has 0 saturated carbocycles. The first kappa shape index (κ1) is 18.5. The molecule has 4 rings (SSSR count). The highest BCUT2D eigenvalue weighted by Crippen LogP contribution is 2.40. The van der Waals surface area contributed by atoms with Gasteiger partial charge in [0.25, 0.3) is 0 Å². The molecule has 0 radical (unpaired) electrons. The van der Waals surface area contributed by atoms with E-state index in [2.05, 4.69) is 20.7 Å². The van der Waals surface area contributed by atoms with Crippen molar-refractivity contribution in [1.82, 2.24) is 9.97 Å². The van der Waals surface area contributed by atoms with Gasteiger partial charge in [-0.15, -0.1) is 11.3 Å². The molecule has 2 aromatic heterocycles. The highest BCUT2D eigenvalue weighted by molar-refractivity contribution is 7.17. The maximum Gasteiger partial charge on any atom is 0.143 e. The third-order valence-electron chi connectivity index (χ3n) is 4.51. The zero-order chi connectivity index (χ0) is 19.7. The van der Waals surface area contributed by atoms with Crippen molar-refractivity contribution in [1.29, 1.82) is 0 Å². The molecule has 4 aromatic rings. The van der Waals surface area contributed by atoms with E-state index in [9.17, 15) is 0 Å². The molecule has 0 aliphatic carbocycles. The topological polar surface area (TPSA) is 56.3 Å². The Bertz CT molecular complexity index is 1140. The van der Waals surface area contributed by atoms with Gasteiger partial charge < -0.3 is 14.8 Å². The summed E-state index contributed by atoms with van der Waals surface area (Å²) >= 11 is 7.82. The highest BCUT2D eigenvalue weighted by atomic mass is 35.5. The van der Waals surface area contributed by atoms with Gasteiger partial charge in [0, 0.05) is 22.0 Å². The molecule has 2 heterocycles. The van der Waals surface area contributed by atoms with Crippen LogP contribution < -0.4 is 14.8 Å². The Morgan fingerprint density at radius 1 is 1.04 bits per heavy atom. The van der Waals surface area contributed by atoms with E-state index in [1.54, 1.807) is 38.0 Å². The Labute approximate surface area is 171 Å². The van der Waals surface area contributed by atoms with Gasteiger partial charge in [-0.2, -0.15) is 0 Å². The minimum atomic E-state index is 0.656. The molecule has 0 amide bonds. The summed E-state index contributed by atoms with van der Waals surface area (Å²) in [6.45, 7) is 1.95. The minimum absolute atomic E-state index is 0.656. The normalized spacial score (nSPS) is 10.9. The fraction of sp³-hybridized carbons (Fsp3) is 0.143. The van der Waals surface area contributed by atoms with E-state index >= 15 is 0 Å². The first-order valence-corrected chi connectivity index (χ1v) is 9.84. The third kappa shape index (κ3) is 3.37. The van der Waals surface area contributed by atoms with Gasteiger partial charge in [-0.3, -0.25) is 0 Å². The zero-order valence-corrected chi connectivity index (χ0v) is 17.2. The Morgan fingerprint density at radius 3 is 2.54 bits per heavy atom. The molecule has 5 nitrogen and oxygen atoms in total. The number of methoxy groups -OCH3 is 2. The number of nitrogens with zero attached hydrogens (tertiary/aromatic N) is 2. The predicted octanol–water partition coefficient (Wildman–Crippen LogP) is 6.08. The molecule has 0 spiro atoms. The van der Waals surface area contributed by atoms with Crippen LogP contribution in [0, 0.1) is 6.92 Å². The van der Waals surface area contributed by atoms with Crippen LogP contribution >= 0.6 is 22.9 Å². The molecule has 0 saturated heterocycles. The van der Waals surface area contributed by atoms with Crippen LogP contribution in [0.15, 0.2) is 48.1 Å². The lowest BCUT2D eigenvalue weighted by Gasteiger charge is -2.14. The molecule has 1 N–H and O–H groups in total. The molecule has 142 valence electrons. The van der Waals surface area contributed by atoms with Gasteiger partial charge >= 0.3 is 0 Å². The minimum Gasteiger partial charge on any atom is -0.497 e. The molecule has 2 aromatic carbocycles. The quantitative estimate of drug-likeness (QED) is 0.431. The van der Waals surface area contributed by atoms with Crippen molar-refractivity contribution >= 4 is 44.7 Å². The number of thiophene rings is 1. The Hall–Kier alpha value is -2.83. The van der Waals surface area contributed by atoms with Gasteiger partial charge in [0.05, 0.1) is 25.3 Å². The monoisotopic (exact) mass is 411 g/mol. The second-order valence-electron chi connectivity index (χ2n) is 6.21. The lowest BCUT2D eigenvalue weighted by molar-refractivity contribution is 0.415. The van der Waals surface area contributed by atoms with E-state index in [1.165, 1.54) is 0 Å². The summed E-state index contributed by atoms with van der Waals surface area (Å²) in [5.41, 5.74) is 3.90. The highest BCUT2D eigenvalue weighted by Gasteiger charge is 2.15. The number of ether oxygens (including phenoxy) is 2. The molecule has 0 aliphatic rings. The van der Waals surface area contributed by atoms with Gasteiger partial charge in [-0.25, -0.2) is 9.97 Å². The van der Waals surface area contributed by atoms with E-state index in [1.807, 2.05) is 37.3 Å². The average Bonchev–Trinajstić information content (AvgIpc) is 3.16. The zero-order valence-electron chi connectivity index (χ0n) is 15.6. The number of anilines is 2. The van der Waals surface area contributed by atoms with Crippen LogP contribution in [0.4, 0.5) is 11.5 Å². The van der Waals surface area contributed by atoms with E-state index < -0.39 is 0 Å². The molecule has 0 bridgehead atoms. The first-order chi connectivity index (χ1) is 13.6. The van der Waals surface area contributed by atoms with Gasteiger partial charge in [0.2, 0.25) is 0 Å². The average molecular weight is 412 g/mol. The van der Waals surface area contributed by atoms with E-state index in [0.29, 0.717) is 10.8 Å². The van der Waals surface area contributed by atoms with E-state index in [-0.39, 0.29) is 0 Å². The SMILES string of the molecule is COc1ccc(-c2csc3ncnc(Nc4cc(C)c(Cl)cc4OC)c23)cc1. The van der Waals surface area contributed by atoms with Crippen LogP contribution in [0.25, 0.3) is 21.3 Å². The van der Waals surface area contributed by atoms with Crippen LogP contribution in [-0.4, -0.2) is 24.2 Å². The molecule has 7 heteroatoms. The summed E-state index contributed by atoms with van der Waals surface area (Å²) in [4.78, 5) is 9.83. The largest absolute Gasteiger partial charge is 0.497 e. The molecular weight excluding hydrogens is 394 g/mol. The van der Waals surface area contributed by atoms with Crippen molar-refractivity contribution in [3.8, 4) is 22.6 Å². The third-order valence-corrected chi connectivity index (χ3v) is 5.80. The number of hydrogen-bond donors (Lipinski definition) is 1. The maximum atomic E-state index is 6.23. The number of halogens is 1. The number of aryl methyl sites for hydroxylation is 1. The molecule has 0 unspecified atom stereocenters. The fourth-order valence-electron chi connectivity index (χ4n) is 3.01. The van der Waals surface area contributed by atoms with Crippen LogP contribution in [0.1, 0.15) is 5.56 Å². The number of benzene rings is 2. The number of fused-ring (bicyclic) bond motifs is 1. The van der Waals surface area contributed by atoms with Crippen LogP contribution in [0.3, 0.4) is 0 Å².